The standard InChI is InChI=1S/C22H44N2O14S/c25-13-15(27)17(29)19(31)21(33)23-9-5-1-3-7-11-37-39(35,36)38-12-8-4-2-6-10-24-22(34)20(32)18(30)16(28)14-26/h13-24,27-34H,1-12H2/t15-,16-,17-,18-,19-,20-,21-,22-/m1/s1. The van der Waals surface area contributed by atoms with E-state index in [0.29, 0.717) is 51.4 Å². The Labute approximate surface area is 227 Å². The first-order valence-corrected chi connectivity index (χ1v) is 14.1. The largest absolute Gasteiger partial charge is 0.399 e. The summed E-state index contributed by atoms with van der Waals surface area (Å²) in [6.45, 7) is 0.367. The second kappa shape index (κ2) is 21.5. The van der Waals surface area contributed by atoms with Gasteiger partial charge in [-0.3, -0.25) is 10.6 Å². The molecule has 0 saturated heterocycles. The van der Waals surface area contributed by atoms with E-state index >= 15 is 0 Å². The quantitative estimate of drug-likeness (QED) is 0.0259. The third kappa shape index (κ3) is 17.3. The molecule has 16 nitrogen and oxygen atoms in total. The number of carbonyl (C=O) groups is 2. The Balaban J connectivity index is 3.77. The highest BCUT2D eigenvalue weighted by molar-refractivity contribution is 7.81. The SMILES string of the molecule is O=C[C@@H](O)[C@@H](O)[C@@H](O)[C@@H](O)NCCCCCCOS(=O)(=O)OCCCCCCN[C@H](O)[C@H](O)[C@H](O)[C@H](O)C=O. The van der Waals surface area contributed by atoms with Crippen molar-refractivity contribution >= 4 is 23.0 Å². The molecular weight excluding hydrogens is 548 g/mol. The molecule has 0 bridgehead atoms. The highest BCUT2D eigenvalue weighted by Crippen LogP contribution is 2.07. The van der Waals surface area contributed by atoms with E-state index in [1.807, 2.05) is 0 Å². The van der Waals surface area contributed by atoms with E-state index < -0.39 is 59.5 Å². The van der Waals surface area contributed by atoms with Gasteiger partial charge in [0.2, 0.25) is 0 Å². The van der Waals surface area contributed by atoms with Crippen LogP contribution < -0.4 is 10.6 Å². The summed E-state index contributed by atoms with van der Waals surface area (Å²) in [5, 5.41) is 80.9. The Bertz CT molecular complexity index is 692. The molecule has 0 aliphatic rings. The van der Waals surface area contributed by atoms with Crippen LogP contribution >= 0.6 is 0 Å². The van der Waals surface area contributed by atoms with Crippen LogP contribution in [0.1, 0.15) is 51.4 Å². The minimum absolute atomic E-state index is 0.0433. The highest BCUT2D eigenvalue weighted by atomic mass is 32.3. The van der Waals surface area contributed by atoms with Gasteiger partial charge in [-0.1, -0.05) is 25.7 Å². The molecule has 8 atom stereocenters. The van der Waals surface area contributed by atoms with E-state index in [0.717, 1.165) is 0 Å². The van der Waals surface area contributed by atoms with Crippen LogP contribution in [0, 0.1) is 0 Å². The van der Waals surface area contributed by atoms with E-state index in [4.69, 9.17) is 18.6 Å². The average Bonchev–Trinajstić information content (AvgIpc) is 2.92. The van der Waals surface area contributed by atoms with Crippen LogP contribution in [0.5, 0.6) is 0 Å². The van der Waals surface area contributed by atoms with E-state index in [9.17, 15) is 48.6 Å². The van der Waals surface area contributed by atoms with Gasteiger partial charge in [-0.2, -0.15) is 8.42 Å². The van der Waals surface area contributed by atoms with Crippen LogP contribution in [0.15, 0.2) is 0 Å². The first kappa shape index (κ1) is 37.8. The summed E-state index contributed by atoms with van der Waals surface area (Å²) in [4.78, 5) is 20.8. The molecule has 232 valence electrons. The second-order valence-electron chi connectivity index (χ2n) is 8.89. The van der Waals surface area contributed by atoms with Crippen LogP contribution in [-0.4, -0.2) is 137 Å². The number of hydrogen-bond acceptors (Lipinski definition) is 16. The fourth-order valence-corrected chi connectivity index (χ4v) is 3.91. The first-order chi connectivity index (χ1) is 18.4. The molecule has 0 heterocycles. The summed E-state index contributed by atoms with van der Waals surface area (Å²) in [6, 6.07) is 0. The lowest BCUT2D eigenvalue weighted by molar-refractivity contribution is -0.136. The van der Waals surface area contributed by atoms with Crippen molar-refractivity contribution in [3.8, 4) is 0 Å². The molecule has 0 fully saturated rings. The molecule has 0 saturated carbocycles. The van der Waals surface area contributed by atoms with Gasteiger partial charge in [0.1, 0.15) is 49.1 Å². The van der Waals surface area contributed by atoms with Gasteiger partial charge in [0.05, 0.1) is 13.2 Å². The van der Waals surface area contributed by atoms with Crippen molar-refractivity contribution in [2.75, 3.05) is 26.3 Å². The lowest BCUT2D eigenvalue weighted by Crippen LogP contribution is -2.50. The van der Waals surface area contributed by atoms with Crippen molar-refractivity contribution in [3.63, 3.8) is 0 Å². The van der Waals surface area contributed by atoms with Crippen molar-refractivity contribution in [3.05, 3.63) is 0 Å². The maximum atomic E-state index is 11.7. The molecular formula is C22H44N2O14S. The molecule has 0 aromatic rings. The monoisotopic (exact) mass is 592 g/mol. The van der Waals surface area contributed by atoms with E-state index in [1.54, 1.807) is 0 Å². The topological polar surface area (TPSA) is 273 Å². The number of aldehydes is 2. The van der Waals surface area contributed by atoms with Gasteiger partial charge >= 0.3 is 10.4 Å². The average molecular weight is 593 g/mol. The summed E-state index contributed by atoms with van der Waals surface area (Å²) >= 11 is 0. The van der Waals surface area contributed by atoms with Gasteiger partial charge in [-0.05, 0) is 38.8 Å². The molecule has 0 aromatic heterocycles. The van der Waals surface area contributed by atoms with E-state index in [1.165, 1.54) is 0 Å². The van der Waals surface area contributed by atoms with Crippen LogP contribution in [0.25, 0.3) is 0 Å². The molecule has 39 heavy (non-hydrogen) atoms. The molecule has 0 rings (SSSR count). The fourth-order valence-electron chi connectivity index (χ4n) is 3.20. The number of rotatable bonds is 26. The smallest absolute Gasteiger partial charge is 0.387 e. The van der Waals surface area contributed by atoms with Gasteiger partial charge in [0.15, 0.2) is 12.6 Å². The fraction of sp³-hybridized carbons (Fsp3) is 0.909. The van der Waals surface area contributed by atoms with Crippen LogP contribution in [0.2, 0.25) is 0 Å². The second-order valence-corrected chi connectivity index (χ2v) is 10.2. The molecule has 0 aromatic carbocycles. The summed E-state index contributed by atoms with van der Waals surface area (Å²) in [6.07, 6.45) is -9.34. The normalized spacial score (nSPS) is 18.5. The summed E-state index contributed by atoms with van der Waals surface area (Å²) in [7, 11) is -4.14. The molecule has 0 unspecified atom stereocenters. The minimum atomic E-state index is -4.14. The highest BCUT2D eigenvalue weighted by Gasteiger charge is 2.30. The van der Waals surface area contributed by atoms with Crippen molar-refractivity contribution in [1.82, 2.24) is 10.6 Å². The van der Waals surface area contributed by atoms with Gasteiger partial charge in [0.25, 0.3) is 0 Å². The van der Waals surface area contributed by atoms with Gasteiger partial charge in [0, 0.05) is 0 Å². The number of nitrogens with one attached hydrogen (secondary N) is 2. The molecule has 0 spiro atoms. The minimum Gasteiger partial charge on any atom is -0.387 e. The van der Waals surface area contributed by atoms with Gasteiger partial charge in [-0.25, -0.2) is 8.37 Å². The number of hydrogen-bond donors (Lipinski definition) is 10. The third-order valence-corrected chi connectivity index (χ3v) is 6.54. The Kier molecular flexibility index (Phi) is 20.9. The van der Waals surface area contributed by atoms with E-state index in [2.05, 4.69) is 10.6 Å². The molecule has 17 heteroatoms. The molecule has 0 aliphatic heterocycles. The van der Waals surface area contributed by atoms with E-state index in [-0.39, 0.29) is 38.9 Å². The summed E-state index contributed by atoms with van der Waals surface area (Å²) < 4.78 is 33.0. The Morgan fingerprint density at radius 2 is 0.872 bits per heavy atom. The Morgan fingerprint density at radius 3 is 1.21 bits per heavy atom. The summed E-state index contributed by atoms with van der Waals surface area (Å²) in [5.41, 5.74) is 0. The number of carbonyl (C=O) groups excluding carboxylic acids is 2. The number of aliphatic hydroxyl groups excluding tert-OH is 8. The van der Waals surface area contributed by atoms with Crippen LogP contribution in [-0.2, 0) is 28.4 Å². The van der Waals surface area contributed by atoms with Crippen molar-refractivity contribution in [1.29, 1.82) is 0 Å². The maximum absolute atomic E-state index is 11.7. The molecule has 0 amide bonds. The van der Waals surface area contributed by atoms with Crippen LogP contribution in [0.3, 0.4) is 0 Å². The third-order valence-electron chi connectivity index (χ3n) is 5.63. The Morgan fingerprint density at radius 1 is 0.538 bits per heavy atom. The van der Waals surface area contributed by atoms with Crippen molar-refractivity contribution in [2.45, 2.75) is 100 Å². The predicted molar refractivity (Wildman–Crippen MR) is 134 cm³/mol. The molecule has 0 radical (unpaired) electrons. The zero-order valence-electron chi connectivity index (χ0n) is 21.7. The lowest BCUT2D eigenvalue weighted by atomic mass is 10.1. The van der Waals surface area contributed by atoms with Crippen molar-refractivity contribution in [2.24, 2.45) is 0 Å². The van der Waals surface area contributed by atoms with Crippen LogP contribution in [0.4, 0.5) is 0 Å². The number of aliphatic hydroxyl groups is 8. The van der Waals surface area contributed by atoms with Crippen molar-refractivity contribution < 1.29 is 67.2 Å². The Hall–Kier alpha value is -1.19. The van der Waals surface area contributed by atoms with Gasteiger partial charge < -0.3 is 50.4 Å². The maximum Gasteiger partial charge on any atom is 0.399 e. The molecule has 10 N–H and O–H groups in total. The lowest BCUT2D eigenvalue weighted by Gasteiger charge is -2.24. The van der Waals surface area contributed by atoms with Gasteiger partial charge in [-0.15, -0.1) is 0 Å². The molecule has 0 aliphatic carbocycles. The predicted octanol–water partition coefficient (Wildman–Crippen LogP) is -4.24. The zero-order chi connectivity index (χ0) is 29.8. The summed E-state index contributed by atoms with van der Waals surface area (Å²) in [5.74, 6) is 0. The zero-order valence-corrected chi connectivity index (χ0v) is 22.5. The first-order valence-electron chi connectivity index (χ1n) is 12.7. The number of unbranched alkanes of at least 4 members (excludes halogenated alkanes) is 6.